The van der Waals surface area contributed by atoms with Gasteiger partial charge in [-0.25, -0.2) is 0 Å². The Kier molecular flexibility index (Phi) is 2.73. The minimum absolute atomic E-state index is 0.0949. The number of aliphatic carboxylic acids is 1. The molecule has 3 nitrogen and oxygen atoms in total. The Balaban J connectivity index is 2.50. The van der Waals surface area contributed by atoms with E-state index >= 15 is 0 Å². The normalized spacial score (nSPS) is 23.8. The summed E-state index contributed by atoms with van der Waals surface area (Å²) in [6.07, 6.45) is 4.70. The molecule has 1 saturated carbocycles. The summed E-state index contributed by atoms with van der Waals surface area (Å²) < 4.78 is 0. The predicted octanol–water partition coefficient (Wildman–Crippen LogP) is 1.37. The molecule has 0 aromatic heterocycles. The van der Waals surface area contributed by atoms with E-state index in [0.717, 1.165) is 12.8 Å². The Labute approximate surface area is 72.9 Å². The van der Waals surface area contributed by atoms with E-state index < -0.39 is 11.5 Å². The third kappa shape index (κ3) is 2.21. The Morgan fingerprint density at radius 3 is 2.50 bits per heavy atom. The number of rotatable bonds is 3. The lowest BCUT2D eigenvalue weighted by Crippen LogP contribution is -2.44. The molecule has 0 aliphatic heterocycles. The molecular weight excluding hydrogens is 154 g/mol. The first-order chi connectivity index (χ1) is 5.52. The fourth-order valence-corrected chi connectivity index (χ4v) is 2.06. The van der Waals surface area contributed by atoms with Gasteiger partial charge in [-0.15, -0.1) is 0 Å². The van der Waals surface area contributed by atoms with Crippen molar-refractivity contribution in [3.05, 3.63) is 0 Å². The Bertz CT molecular complexity index is 171. The lowest BCUT2D eigenvalue weighted by atomic mass is 9.83. The summed E-state index contributed by atoms with van der Waals surface area (Å²) in [6, 6.07) is 0. The molecule has 0 aromatic carbocycles. The minimum Gasteiger partial charge on any atom is -0.481 e. The van der Waals surface area contributed by atoms with Gasteiger partial charge in [-0.2, -0.15) is 0 Å². The summed E-state index contributed by atoms with van der Waals surface area (Å²) in [5.41, 5.74) is 5.44. The number of carboxylic acid groups (broad SMARTS) is 1. The van der Waals surface area contributed by atoms with Gasteiger partial charge in [0.2, 0.25) is 0 Å². The molecule has 1 rings (SSSR count). The quantitative estimate of drug-likeness (QED) is 0.674. The fraction of sp³-hybridized carbons (Fsp3) is 0.889. The van der Waals surface area contributed by atoms with Crippen molar-refractivity contribution in [1.82, 2.24) is 0 Å². The second kappa shape index (κ2) is 3.44. The molecule has 0 saturated heterocycles. The first kappa shape index (κ1) is 9.52. The van der Waals surface area contributed by atoms with E-state index in [-0.39, 0.29) is 6.42 Å². The lowest BCUT2D eigenvalue weighted by molar-refractivity contribution is -0.138. The van der Waals surface area contributed by atoms with E-state index in [9.17, 15) is 4.79 Å². The second-order valence-electron chi connectivity index (χ2n) is 4.06. The monoisotopic (exact) mass is 171 g/mol. The number of carbonyl (C=O) groups is 1. The van der Waals surface area contributed by atoms with Crippen molar-refractivity contribution in [3.8, 4) is 0 Å². The molecule has 3 heteroatoms. The van der Waals surface area contributed by atoms with E-state index in [0.29, 0.717) is 5.92 Å². The summed E-state index contributed by atoms with van der Waals surface area (Å²) in [6.45, 7) is 1.86. The zero-order valence-corrected chi connectivity index (χ0v) is 7.55. The van der Waals surface area contributed by atoms with Crippen molar-refractivity contribution in [2.45, 2.75) is 44.6 Å². The van der Waals surface area contributed by atoms with Crippen molar-refractivity contribution >= 4 is 5.97 Å². The van der Waals surface area contributed by atoms with Crippen molar-refractivity contribution in [2.75, 3.05) is 0 Å². The highest BCUT2D eigenvalue weighted by Crippen LogP contribution is 2.34. The van der Waals surface area contributed by atoms with Crippen LogP contribution in [0.15, 0.2) is 0 Å². The van der Waals surface area contributed by atoms with E-state index in [4.69, 9.17) is 10.8 Å². The van der Waals surface area contributed by atoms with Gasteiger partial charge in [-0.3, -0.25) is 4.79 Å². The molecule has 1 atom stereocenters. The molecule has 0 heterocycles. The zero-order valence-electron chi connectivity index (χ0n) is 7.55. The molecule has 0 aromatic rings. The van der Waals surface area contributed by atoms with E-state index in [1.54, 1.807) is 0 Å². The maximum atomic E-state index is 10.5. The Morgan fingerprint density at radius 2 is 2.08 bits per heavy atom. The molecule has 1 fully saturated rings. The summed E-state index contributed by atoms with van der Waals surface area (Å²) in [5, 5.41) is 8.63. The molecule has 0 radical (unpaired) electrons. The van der Waals surface area contributed by atoms with Crippen LogP contribution in [-0.4, -0.2) is 16.6 Å². The van der Waals surface area contributed by atoms with E-state index in [1.165, 1.54) is 12.8 Å². The number of hydrogen-bond acceptors (Lipinski definition) is 2. The third-order valence-electron chi connectivity index (χ3n) is 2.82. The Morgan fingerprint density at radius 1 is 1.58 bits per heavy atom. The topological polar surface area (TPSA) is 63.3 Å². The highest BCUT2D eigenvalue weighted by atomic mass is 16.4. The molecule has 0 unspecified atom stereocenters. The van der Waals surface area contributed by atoms with E-state index in [1.807, 2.05) is 6.92 Å². The van der Waals surface area contributed by atoms with Gasteiger partial charge in [0.25, 0.3) is 0 Å². The standard InChI is InChI=1S/C9H17NO2/c1-9(10,6-8(11)12)7-4-2-3-5-7/h7H,2-6,10H2,1H3,(H,11,12)/t9-/m1/s1. The summed E-state index contributed by atoms with van der Waals surface area (Å²) in [4.78, 5) is 10.5. The molecule has 12 heavy (non-hydrogen) atoms. The maximum Gasteiger partial charge on any atom is 0.305 e. The third-order valence-corrected chi connectivity index (χ3v) is 2.82. The second-order valence-corrected chi connectivity index (χ2v) is 4.06. The smallest absolute Gasteiger partial charge is 0.305 e. The first-order valence-electron chi connectivity index (χ1n) is 4.53. The Hall–Kier alpha value is -0.570. The zero-order chi connectivity index (χ0) is 9.19. The van der Waals surface area contributed by atoms with Gasteiger partial charge in [-0.05, 0) is 25.7 Å². The fourth-order valence-electron chi connectivity index (χ4n) is 2.06. The van der Waals surface area contributed by atoms with Gasteiger partial charge in [0, 0.05) is 5.54 Å². The van der Waals surface area contributed by atoms with Crippen LogP contribution >= 0.6 is 0 Å². The van der Waals surface area contributed by atoms with E-state index in [2.05, 4.69) is 0 Å². The van der Waals surface area contributed by atoms with Crippen molar-refractivity contribution in [2.24, 2.45) is 11.7 Å². The molecule has 70 valence electrons. The SMILES string of the molecule is C[C@@](N)(CC(=O)O)C1CCCC1. The summed E-state index contributed by atoms with van der Waals surface area (Å²) in [5.74, 6) is -0.375. The van der Waals surface area contributed by atoms with Crippen LogP contribution < -0.4 is 5.73 Å². The van der Waals surface area contributed by atoms with Crippen LogP contribution in [0.3, 0.4) is 0 Å². The summed E-state index contributed by atoms with van der Waals surface area (Å²) in [7, 11) is 0. The van der Waals surface area contributed by atoms with Crippen LogP contribution in [0.5, 0.6) is 0 Å². The number of carboxylic acids is 1. The molecular formula is C9H17NO2. The average molecular weight is 171 g/mol. The predicted molar refractivity (Wildman–Crippen MR) is 46.8 cm³/mol. The molecule has 0 spiro atoms. The van der Waals surface area contributed by atoms with Gasteiger partial charge in [0.05, 0.1) is 6.42 Å². The van der Waals surface area contributed by atoms with Crippen LogP contribution in [0.1, 0.15) is 39.0 Å². The number of nitrogens with two attached hydrogens (primary N) is 1. The molecule has 0 bridgehead atoms. The van der Waals surface area contributed by atoms with Gasteiger partial charge >= 0.3 is 5.97 Å². The largest absolute Gasteiger partial charge is 0.481 e. The lowest BCUT2D eigenvalue weighted by Gasteiger charge is -2.29. The van der Waals surface area contributed by atoms with Crippen LogP contribution in [-0.2, 0) is 4.79 Å². The number of hydrogen-bond donors (Lipinski definition) is 2. The molecule has 1 aliphatic carbocycles. The van der Waals surface area contributed by atoms with Gasteiger partial charge < -0.3 is 10.8 Å². The molecule has 0 amide bonds. The first-order valence-corrected chi connectivity index (χ1v) is 4.53. The van der Waals surface area contributed by atoms with Crippen molar-refractivity contribution < 1.29 is 9.90 Å². The average Bonchev–Trinajstić information content (AvgIpc) is 2.32. The van der Waals surface area contributed by atoms with Crippen LogP contribution in [0.2, 0.25) is 0 Å². The van der Waals surface area contributed by atoms with Crippen LogP contribution in [0.4, 0.5) is 0 Å². The maximum absolute atomic E-state index is 10.5. The highest BCUT2D eigenvalue weighted by Gasteiger charge is 2.34. The van der Waals surface area contributed by atoms with Crippen molar-refractivity contribution in [3.63, 3.8) is 0 Å². The van der Waals surface area contributed by atoms with Crippen LogP contribution in [0.25, 0.3) is 0 Å². The van der Waals surface area contributed by atoms with Gasteiger partial charge in [0.15, 0.2) is 0 Å². The molecule has 3 N–H and O–H groups in total. The molecule has 1 aliphatic rings. The van der Waals surface area contributed by atoms with Gasteiger partial charge in [-0.1, -0.05) is 12.8 Å². The summed E-state index contributed by atoms with van der Waals surface area (Å²) >= 11 is 0. The minimum atomic E-state index is -0.785. The van der Waals surface area contributed by atoms with Crippen LogP contribution in [0, 0.1) is 5.92 Å². The van der Waals surface area contributed by atoms with Crippen molar-refractivity contribution in [1.29, 1.82) is 0 Å². The van der Waals surface area contributed by atoms with Gasteiger partial charge in [0.1, 0.15) is 0 Å². The highest BCUT2D eigenvalue weighted by molar-refractivity contribution is 5.68.